The third-order valence-corrected chi connectivity index (χ3v) is 4.10. The summed E-state index contributed by atoms with van der Waals surface area (Å²) in [5, 5.41) is 12.1. The molecule has 0 saturated carbocycles. The molecule has 0 aliphatic carbocycles. The lowest BCUT2D eigenvalue weighted by atomic mass is 9.94. The maximum absolute atomic E-state index is 12.7. The van der Waals surface area contributed by atoms with Crippen LogP contribution in [0, 0.1) is 19.8 Å². The number of aryl methyl sites for hydroxylation is 2. The number of anilines is 1. The van der Waals surface area contributed by atoms with Gasteiger partial charge in [0.25, 0.3) is 0 Å². The van der Waals surface area contributed by atoms with Crippen molar-refractivity contribution in [3.63, 3.8) is 0 Å². The number of amides is 1. The number of carboxylic acids is 1. The highest BCUT2D eigenvalue weighted by Gasteiger charge is 2.24. The molecule has 0 saturated heterocycles. The third kappa shape index (κ3) is 5.08. The highest BCUT2D eigenvalue weighted by atomic mass is 16.5. The number of benzene rings is 2. The third-order valence-electron chi connectivity index (χ3n) is 4.10. The van der Waals surface area contributed by atoms with Crippen LogP contribution in [0.5, 0.6) is 5.75 Å². The Hall–Kier alpha value is -2.82. The quantitative estimate of drug-likeness (QED) is 0.807. The summed E-state index contributed by atoms with van der Waals surface area (Å²) in [5.41, 5.74) is 3.48. The van der Waals surface area contributed by atoms with E-state index in [0.717, 1.165) is 16.7 Å². The molecule has 0 fully saturated rings. The predicted molar refractivity (Wildman–Crippen MR) is 97.0 cm³/mol. The van der Waals surface area contributed by atoms with Crippen LogP contribution < -0.4 is 10.1 Å². The van der Waals surface area contributed by atoms with Crippen molar-refractivity contribution in [2.24, 2.45) is 5.92 Å². The van der Waals surface area contributed by atoms with Crippen molar-refractivity contribution < 1.29 is 19.4 Å². The van der Waals surface area contributed by atoms with Crippen LogP contribution in [0.25, 0.3) is 0 Å². The Morgan fingerprint density at radius 2 is 1.88 bits per heavy atom. The molecule has 0 bridgehead atoms. The Labute approximate surface area is 147 Å². The molecule has 132 valence electrons. The van der Waals surface area contributed by atoms with Crippen LogP contribution in [0.2, 0.25) is 0 Å². The van der Waals surface area contributed by atoms with E-state index in [1.54, 1.807) is 13.2 Å². The predicted octanol–water partition coefficient (Wildman–Crippen LogP) is 3.58. The summed E-state index contributed by atoms with van der Waals surface area (Å²) in [4.78, 5) is 23.9. The SMILES string of the molecule is COc1ccccc1C[C@H](CC(=O)O)C(=O)Nc1cc(C)ccc1C. The van der Waals surface area contributed by atoms with Gasteiger partial charge in [-0.1, -0.05) is 30.3 Å². The molecule has 0 aliphatic rings. The molecular formula is C20H23NO4. The first-order chi connectivity index (χ1) is 11.9. The van der Waals surface area contributed by atoms with E-state index in [4.69, 9.17) is 4.74 Å². The highest BCUT2D eigenvalue weighted by molar-refractivity contribution is 5.95. The molecule has 1 atom stereocenters. The lowest BCUT2D eigenvalue weighted by Crippen LogP contribution is -2.27. The van der Waals surface area contributed by atoms with E-state index >= 15 is 0 Å². The van der Waals surface area contributed by atoms with Crippen molar-refractivity contribution in [3.8, 4) is 5.75 Å². The number of hydrogen-bond acceptors (Lipinski definition) is 3. The number of carboxylic acid groups (broad SMARTS) is 1. The number of para-hydroxylation sites is 1. The number of aliphatic carboxylic acids is 1. The largest absolute Gasteiger partial charge is 0.496 e. The van der Waals surface area contributed by atoms with Gasteiger partial charge in [-0.25, -0.2) is 0 Å². The molecule has 2 N–H and O–H groups in total. The number of carbonyl (C=O) groups is 2. The van der Waals surface area contributed by atoms with Gasteiger partial charge < -0.3 is 15.2 Å². The zero-order chi connectivity index (χ0) is 18.4. The van der Waals surface area contributed by atoms with E-state index in [1.165, 1.54) is 0 Å². The first-order valence-corrected chi connectivity index (χ1v) is 8.12. The van der Waals surface area contributed by atoms with Crippen LogP contribution in [-0.4, -0.2) is 24.1 Å². The first kappa shape index (κ1) is 18.5. The molecule has 2 rings (SSSR count). The Morgan fingerprint density at radius 1 is 1.16 bits per heavy atom. The molecule has 1 amide bonds. The summed E-state index contributed by atoms with van der Waals surface area (Å²) in [7, 11) is 1.56. The van der Waals surface area contributed by atoms with E-state index in [0.29, 0.717) is 17.9 Å². The summed E-state index contributed by atoms with van der Waals surface area (Å²) >= 11 is 0. The second-order valence-corrected chi connectivity index (χ2v) is 6.12. The van der Waals surface area contributed by atoms with E-state index in [1.807, 2.05) is 50.2 Å². The van der Waals surface area contributed by atoms with Crippen LogP contribution >= 0.6 is 0 Å². The fraction of sp³-hybridized carbons (Fsp3) is 0.300. The molecule has 0 heterocycles. The van der Waals surface area contributed by atoms with Gasteiger partial charge in [0.05, 0.1) is 19.4 Å². The summed E-state index contributed by atoms with van der Waals surface area (Å²) in [6.45, 7) is 3.85. The number of nitrogens with one attached hydrogen (secondary N) is 1. The summed E-state index contributed by atoms with van der Waals surface area (Å²) in [6, 6.07) is 13.1. The van der Waals surface area contributed by atoms with E-state index in [2.05, 4.69) is 5.32 Å². The first-order valence-electron chi connectivity index (χ1n) is 8.12. The van der Waals surface area contributed by atoms with Crippen LogP contribution in [0.3, 0.4) is 0 Å². The number of ether oxygens (including phenoxy) is 1. The van der Waals surface area contributed by atoms with Crippen molar-refractivity contribution in [3.05, 3.63) is 59.2 Å². The van der Waals surface area contributed by atoms with Gasteiger partial charge in [0.1, 0.15) is 5.75 Å². The number of rotatable bonds is 7. The van der Waals surface area contributed by atoms with Crippen LogP contribution in [0.4, 0.5) is 5.69 Å². The minimum absolute atomic E-state index is 0.241. The highest BCUT2D eigenvalue weighted by Crippen LogP contribution is 2.24. The number of carbonyl (C=O) groups excluding carboxylic acids is 1. The molecule has 0 aromatic heterocycles. The van der Waals surface area contributed by atoms with Gasteiger partial charge in [-0.3, -0.25) is 9.59 Å². The molecule has 0 radical (unpaired) electrons. The lowest BCUT2D eigenvalue weighted by molar-refractivity contribution is -0.140. The van der Waals surface area contributed by atoms with Gasteiger partial charge in [0, 0.05) is 5.69 Å². The topological polar surface area (TPSA) is 75.6 Å². The monoisotopic (exact) mass is 341 g/mol. The fourth-order valence-corrected chi connectivity index (χ4v) is 2.71. The van der Waals surface area contributed by atoms with Crippen molar-refractivity contribution in [2.75, 3.05) is 12.4 Å². The normalized spacial score (nSPS) is 11.6. The Kier molecular flexibility index (Phi) is 6.17. The lowest BCUT2D eigenvalue weighted by Gasteiger charge is -2.18. The van der Waals surface area contributed by atoms with Crippen LogP contribution in [0.15, 0.2) is 42.5 Å². The Morgan fingerprint density at radius 3 is 2.56 bits per heavy atom. The number of methoxy groups -OCH3 is 1. The van der Waals surface area contributed by atoms with Gasteiger partial charge >= 0.3 is 5.97 Å². The van der Waals surface area contributed by atoms with Gasteiger partial charge in [0.2, 0.25) is 5.91 Å². The molecule has 5 heteroatoms. The van der Waals surface area contributed by atoms with Crippen molar-refractivity contribution in [1.29, 1.82) is 0 Å². The molecule has 0 spiro atoms. The maximum Gasteiger partial charge on any atom is 0.304 e. The van der Waals surface area contributed by atoms with Gasteiger partial charge in [-0.15, -0.1) is 0 Å². The smallest absolute Gasteiger partial charge is 0.304 e. The van der Waals surface area contributed by atoms with E-state index in [9.17, 15) is 14.7 Å². The van der Waals surface area contributed by atoms with Gasteiger partial charge in [-0.2, -0.15) is 0 Å². The van der Waals surface area contributed by atoms with Crippen molar-refractivity contribution in [2.45, 2.75) is 26.7 Å². The van der Waals surface area contributed by atoms with E-state index in [-0.39, 0.29) is 12.3 Å². The standard InChI is InChI=1S/C20H23NO4/c1-13-8-9-14(2)17(10-13)21-20(24)16(12-19(22)23)11-15-6-4-5-7-18(15)25-3/h4-10,16H,11-12H2,1-3H3,(H,21,24)(H,22,23)/t16-/m1/s1. The molecule has 0 unspecified atom stereocenters. The maximum atomic E-state index is 12.7. The van der Waals surface area contributed by atoms with Crippen LogP contribution in [-0.2, 0) is 16.0 Å². The molecule has 2 aromatic rings. The fourth-order valence-electron chi connectivity index (χ4n) is 2.71. The zero-order valence-electron chi connectivity index (χ0n) is 14.7. The van der Waals surface area contributed by atoms with Crippen molar-refractivity contribution in [1.82, 2.24) is 0 Å². The number of hydrogen-bond donors (Lipinski definition) is 2. The average Bonchev–Trinajstić information content (AvgIpc) is 2.57. The second-order valence-electron chi connectivity index (χ2n) is 6.12. The Balaban J connectivity index is 2.22. The summed E-state index contributed by atoms with van der Waals surface area (Å²) in [6.07, 6.45) is 0.0573. The molecule has 0 aliphatic heterocycles. The zero-order valence-corrected chi connectivity index (χ0v) is 14.7. The summed E-state index contributed by atoms with van der Waals surface area (Å²) < 4.78 is 5.30. The minimum Gasteiger partial charge on any atom is -0.496 e. The minimum atomic E-state index is -1.00. The Bertz CT molecular complexity index is 770. The van der Waals surface area contributed by atoms with E-state index < -0.39 is 11.9 Å². The average molecular weight is 341 g/mol. The van der Waals surface area contributed by atoms with Gasteiger partial charge in [-0.05, 0) is 49.1 Å². The molecule has 5 nitrogen and oxygen atoms in total. The molecule has 25 heavy (non-hydrogen) atoms. The van der Waals surface area contributed by atoms with Gasteiger partial charge in [0.15, 0.2) is 0 Å². The van der Waals surface area contributed by atoms with Crippen molar-refractivity contribution >= 4 is 17.6 Å². The van der Waals surface area contributed by atoms with Crippen LogP contribution in [0.1, 0.15) is 23.1 Å². The summed E-state index contributed by atoms with van der Waals surface area (Å²) in [5.74, 6) is -1.34. The second kappa shape index (κ2) is 8.33. The molecular weight excluding hydrogens is 318 g/mol. The molecule has 2 aromatic carbocycles.